The zero-order valence-corrected chi connectivity index (χ0v) is 20.6. The minimum atomic E-state index is 0.135. The quantitative estimate of drug-likeness (QED) is 0.404. The number of nitrogens with zero attached hydrogens (tertiary/aromatic N) is 4. The summed E-state index contributed by atoms with van der Waals surface area (Å²) in [6.07, 6.45) is 3.02. The Bertz CT molecular complexity index is 1190. The molecule has 1 saturated heterocycles. The van der Waals surface area contributed by atoms with E-state index in [1.54, 1.807) is 0 Å². The monoisotopic (exact) mass is 470 g/mol. The van der Waals surface area contributed by atoms with Crippen molar-refractivity contribution in [3.05, 3.63) is 83.2 Å². The van der Waals surface area contributed by atoms with Crippen LogP contribution in [-0.4, -0.2) is 66.1 Å². The highest BCUT2D eigenvalue weighted by Gasteiger charge is 2.27. The summed E-state index contributed by atoms with van der Waals surface area (Å²) in [5.41, 5.74) is 16.7. The van der Waals surface area contributed by atoms with Gasteiger partial charge in [-0.15, -0.1) is 0 Å². The standard InChI is InChI=1S/C28H34N6O/c1-20-27-25(31-28(29)30-20)18-22(24-11-7-6-10-23(24)21-8-4-3-5-9-21)19-26(27)32-35-17-16-34-14-12-33(2)13-15-34/h3-11,19,22,32H,12-18H2,1-2H3,(H2,29,30,31). The van der Waals surface area contributed by atoms with Crippen LogP contribution in [0.4, 0.5) is 5.95 Å². The van der Waals surface area contributed by atoms with E-state index in [9.17, 15) is 0 Å². The normalized spacial score (nSPS) is 18.7. The third-order valence-corrected chi connectivity index (χ3v) is 6.97. The van der Waals surface area contributed by atoms with Crippen LogP contribution in [0.1, 0.15) is 28.4 Å². The molecule has 3 N–H and O–H groups in total. The number of allylic oxidation sites excluding steroid dienone is 1. The highest BCUT2D eigenvalue weighted by atomic mass is 16.6. The topological polar surface area (TPSA) is 79.5 Å². The van der Waals surface area contributed by atoms with Gasteiger partial charge in [0, 0.05) is 50.6 Å². The molecule has 0 spiro atoms. The summed E-state index contributed by atoms with van der Waals surface area (Å²) in [6, 6.07) is 19.1. The van der Waals surface area contributed by atoms with E-state index in [1.165, 1.54) is 16.7 Å². The number of hydroxylamine groups is 1. The number of nitrogen functional groups attached to an aromatic ring is 1. The molecular formula is C28H34N6O. The highest BCUT2D eigenvalue weighted by Crippen LogP contribution is 2.38. The smallest absolute Gasteiger partial charge is 0.220 e. The van der Waals surface area contributed by atoms with Gasteiger partial charge < -0.3 is 10.6 Å². The molecule has 2 aliphatic rings. The SMILES string of the molecule is Cc1nc(N)nc2c1C(NOCCN1CCN(C)CC1)=CC(c1ccccc1-c1ccccc1)C2. The largest absolute Gasteiger partial charge is 0.368 e. The molecular weight excluding hydrogens is 436 g/mol. The lowest BCUT2D eigenvalue weighted by Crippen LogP contribution is -2.45. The Morgan fingerprint density at radius 1 is 1.00 bits per heavy atom. The van der Waals surface area contributed by atoms with Gasteiger partial charge in [-0.2, -0.15) is 0 Å². The lowest BCUT2D eigenvalue weighted by atomic mass is 9.82. The summed E-state index contributed by atoms with van der Waals surface area (Å²) >= 11 is 0. The van der Waals surface area contributed by atoms with Crippen LogP contribution in [0.2, 0.25) is 0 Å². The molecule has 0 bridgehead atoms. The second-order valence-corrected chi connectivity index (χ2v) is 9.43. The van der Waals surface area contributed by atoms with E-state index in [2.05, 4.69) is 86.9 Å². The van der Waals surface area contributed by atoms with Crippen molar-refractivity contribution in [2.75, 3.05) is 52.1 Å². The fourth-order valence-electron chi connectivity index (χ4n) is 5.07. The van der Waals surface area contributed by atoms with Crippen LogP contribution in [0.5, 0.6) is 0 Å². The van der Waals surface area contributed by atoms with Crippen LogP contribution in [0.15, 0.2) is 60.7 Å². The molecule has 0 radical (unpaired) electrons. The van der Waals surface area contributed by atoms with Crippen molar-refractivity contribution >= 4 is 11.6 Å². The van der Waals surface area contributed by atoms with Gasteiger partial charge in [0.25, 0.3) is 0 Å². The molecule has 7 nitrogen and oxygen atoms in total. The van der Waals surface area contributed by atoms with Gasteiger partial charge in [-0.1, -0.05) is 60.7 Å². The maximum absolute atomic E-state index is 6.04. The number of rotatable bonds is 7. The molecule has 2 heterocycles. The maximum Gasteiger partial charge on any atom is 0.220 e. The molecule has 3 aromatic rings. The van der Waals surface area contributed by atoms with Crippen LogP contribution < -0.4 is 11.2 Å². The Balaban J connectivity index is 1.39. The number of benzene rings is 2. The molecule has 1 atom stereocenters. The first-order chi connectivity index (χ1) is 17.1. The number of likely N-dealkylation sites (N-methyl/N-ethyl adjacent to an activating group) is 1. The molecule has 1 aliphatic heterocycles. The Kier molecular flexibility index (Phi) is 7.08. The van der Waals surface area contributed by atoms with Crippen LogP contribution >= 0.6 is 0 Å². The summed E-state index contributed by atoms with van der Waals surface area (Å²) in [7, 11) is 2.17. The van der Waals surface area contributed by atoms with E-state index in [1.807, 2.05) is 13.0 Å². The molecule has 35 heavy (non-hydrogen) atoms. The predicted molar refractivity (Wildman–Crippen MR) is 141 cm³/mol. The average molecular weight is 471 g/mol. The third kappa shape index (κ3) is 5.37. The van der Waals surface area contributed by atoms with E-state index in [4.69, 9.17) is 10.6 Å². The molecule has 2 aromatic carbocycles. The molecule has 0 amide bonds. The molecule has 1 unspecified atom stereocenters. The predicted octanol–water partition coefficient (Wildman–Crippen LogP) is 3.48. The molecule has 5 rings (SSSR count). The molecule has 1 fully saturated rings. The Morgan fingerprint density at radius 2 is 1.74 bits per heavy atom. The minimum absolute atomic E-state index is 0.135. The van der Waals surface area contributed by atoms with Crippen LogP contribution in [0, 0.1) is 6.92 Å². The van der Waals surface area contributed by atoms with Crippen molar-refractivity contribution in [1.29, 1.82) is 0 Å². The fraction of sp³-hybridized carbons (Fsp3) is 0.357. The first-order valence-corrected chi connectivity index (χ1v) is 12.4. The Morgan fingerprint density at radius 3 is 2.54 bits per heavy atom. The third-order valence-electron chi connectivity index (χ3n) is 6.97. The summed E-state index contributed by atoms with van der Waals surface area (Å²) in [5.74, 6) is 0.449. The molecule has 182 valence electrons. The minimum Gasteiger partial charge on any atom is -0.368 e. The van der Waals surface area contributed by atoms with Gasteiger partial charge in [0.15, 0.2) is 0 Å². The molecule has 1 aliphatic carbocycles. The van der Waals surface area contributed by atoms with E-state index in [0.29, 0.717) is 12.6 Å². The zero-order valence-electron chi connectivity index (χ0n) is 20.6. The number of piperazine rings is 1. The zero-order chi connectivity index (χ0) is 24.2. The highest BCUT2D eigenvalue weighted by molar-refractivity contribution is 5.74. The van der Waals surface area contributed by atoms with Crippen molar-refractivity contribution in [3.63, 3.8) is 0 Å². The van der Waals surface area contributed by atoms with Crippen molar-refractivity contribution in [1.82, 2.24) is 25.2 Å². The van der Waals surface area contributed by atoms with Gasteiger partial charge >= 0.3 is 0 Å². The summed E-state index contributed by atoms with van der Waals surface area (Å²) in [6.45, 7) is 7.86. The van der Waals surface area contributed by atoms with Crippen LogP contribution in [0.3, 0.4) is 0 Å². The second kappa shape index (κ2) is 10.6. The first kappa shape index (κ1) is 23.5. The van der Waals surface area contributed by atoms with Crippen molar-refractivity contribution in [3.8, 4) is 11.1 Å². The molecule has 7 heteroatoms. The Hall–Kier alpha value is -3.26. The van der Waals surface area contributed by atoms with Gasteiger partial charge in [0.2, 0.25) is 5.95 Å². The van der Waals surface area contributed by atoms with E-state index >= 15 is 0 Å². The number of fused-ring (bicyclic) bond motifs is 1. The fourth-order valence-corrected chi connectivity index (χ4v) is 5.07. The van der Waals surface area contributed by atoms with Gasteiger partial charge in [-0.05, 0) is 30.7 Å². The second-order valence-electron chi connectivity index (χ2n) is 9.43. The van der Waals surface area contributed by atoms with Gasteiger partial charge in [-0.3, -0.25) is 15.2 Å². The number of hydrogen-bond acceptors (Lipinski definition) is 7. The van der Waals surface area contributed by atoms with Crippen LogP contribution in [0.25, 0.3) is 16.8 Å². The van der Waals surface area contributed by atoms with E-state index in [-0.39, 0.29) is 5.92 Å². The Labute approximate surface area is 207 Å². The lowest BCUT2D eigenvalue weighted by Gasteiger charge is -2.32. The van der Waals surface area contributed by atoms with Gasteiger partial charge in [0.05, 0.1) is 23.7 Å². The number of aryl methyl sites for hydroxylation is 1. The van der Waals surface area contributed by atoms with E-state index < -0.39 is 0 Å². The summed E-state index contributed by atoms with van der Waals surface area (Å²) in [4.78, 5) is 19.8. The van der Waals surface area contributed by atoms with Gasteiger partial charge in [-0.25, -0.2) is 9.97 Å². The number of anilines is 1. The molecule has 1 aromatic heterocycles. The number of nitrogens with two attached hydrogens (primary N) is 1. The van der Waals surface area contributed by atoms with Crippen molar-refractivity contribution in [2.24, 2.45) is 0 Å². The van der Waals surface area contributed by atoms with Crippen molar-refractivity contribution in [2.45, 2.75) is 19.3 Å². The van der Waals surface area contributed by atoms with Crippen LogP contribution in [-0.2, 0) is 11.3 Å². The van der Waals surface area contributed by atoms with Gasteiger partial charge in [0.1, 0.15) is 0 Å². The van der Waals surface area contributed by atoms with E-state index in [0.717, 1.165) is 61.8 Å². The lowest BCUT2D eigenvalue weighted by molar-refractivity contribution is 0.0461. The first-order valence-electron chi connectivity index (χ1n) is 12.4. The maximum atomic E-state index is 6.04. The number of hydrogen-bond donors (Lipinski definition) is 2. The number of aromatic nitrogens is 2. The van der Waals surface area contributed by atoms with Crippen molar-refractivity contribution < 1.29 is 4.84 Å². The summed E-state index contributed by atoms with van der Waals surface area (Å²) < 4.78 is 0. The number of nitrogens with one attached hydrogen (secondary N) is 1. The summed E-state index contributed by atoms with van der Waals surface area (Å²) in [5, 5.41) is 0. The molecule has 0 saturated carbocycles. The average Bonchev–Trinajstić information content (AvgIpc) is 2.87.